The van der Waals surface area contributed by atoms with Crippen LogP contribution in [0.4, 0.5) is 17.1 Å². The van der Waals surface area contributed by atoms with E-state index in [4.69, 9.17) is 11.4 Å². The number of rotatable bonds is 10. The summed E-state index contributed by atoms with van der Waals surface area (Å²) in [4.78, 5) is 9.09. The topological polar surface area (TPSA) is 18.8 Å². The van der Waals surface area contributed by atoms with Crippen LogP contribution in [0.25, 0.3) is 0 Å². The first kappa shape index (κ1) is 24.1. The van der Waals surface area contributed by atoms with Gasteiger partial charge in [-0.1, -0.05) is 32.1 Å². The normalized spacial score (nSPS) is 13.6. The standard InChI is InChI=1S/C30H35N3/c1-8-24-16-25(9-2)18-29(17-24)33(20-26-11-12-26)28-13-14-30(22(4)15-28)31-19-23(5)27(10-3)21-32(6)7/h1,10,13-19,21,26H,3,5,9,11-12,20H2,2,4,6-7H3/b27-21+,31-19-. The van der Waals surface area contributed by atoms with Crippen LogP contribution in [0.15, 0.2) is 78.0 Å². The minimum atomic E-state index is 0.742. The summed E-state index contributed by atoms with van der Waals surface area (Å²) in [6, 6.07) is 13.0. The molecular formula is C30H35N3. The maximum absolute atomic E-state index is 5.75. The van der Waals surface area contributed by atoms with E-state index in [1.807, 2.05) is 31.4 Å². The van der Waals surface area contributed by atoms with Crippen molar-refractivity contribution in [1.82, 2.24) is 4.90 Å². The largest absolute Gasteiger partial charge is 0.383 e. The van der Waals surface area contributed by atoms with Crippen molar-refractivity contribution in [1.29, 1.82) is 0 Å². The van der Waals surface area contributed by atoms with Crippen LogP contribution in [0.5, 0.6) is 0 Å². The van der Waals surface area contributed by atoms with E-state index in [0.717, 1.165) is 46.8 Å². The van der Waals surface area contributed by atoms with Gasteiger partial charge in [0.05, 0.1) is 5.69 Å². The Morgan fingerprint density at radius 1 is 1.18 bits per heavy atom. The van der Waals surface area contributed by atoms with Crippen LogP contribution in [0.2, 0.25) is 0 Å². The van der Waals surface area contributed by atoms with Gasteiger partial charge < -0.3 is 9.80 Å². The molecular weight excluding hydrogens is 402 g/mol. The van der Waals surface area contributed by atoms with Crippen molar-refractivity contribution < 1.29 is 0 Å². The second-order valence-corrected chi connectivity index (χ2v) is 8.95. The van der Waals surface area contributed by atoms with E-state index >= 15 is 0 Å². The summed E-state index contributed by atoms with van der Waals surface area (Å²) in [5.74, 6) is 3.56. The van der Waals surface area contributed by atoms with Crippen LogP contribution in [0.1, 0.15) is 36.5 Å². The van der Waals surface area contributed by atoms with Gasteiger partial charge in [0.25, 0.3) is 0 Å². The highest BCUT2D eigenvalue weighted by Crippen LogP contribution is 2.37. The molecule has 0 atom stereocenters. The smallest absolute Gasteiger partial charge is 0.0660 e. The molecule has 0 unspecified atom stereocenters. The van der Waals surface area contributed by atoms with Crippen molar-refractivity contribution in [2.24, 2.45) is 10.9 Å². The summed E-state index contributed by atoms with van der Waals surface area (Å²) < 4.78 is 0. The molecule has 2 aromatic carbocycles. The number of aryl methyl sites for hydroxylation is 2. The van der Waals surface area contributed by atoms with Crippen molar-refractivity contribution in [2.75, 3.05) is 25.5 Å². The molecule has 0 aliphatic heterocycles. The average Bonchev–Trinajstić information content (AvgIpc) is 3.63. The zero-order valence-electron chi connectivity index (χ0n) is 20.4. The van der Waals surface area contributed by atoms with Crippen LogP contribution >= 0.6 is 0 Å². The molecule has 3 rings (SSSR count). The van der Waals surface area contributed by atoms with E-state index in [9.17, 15) is 0 Å². The Hall–Kier alpha value is -3.51. The summed E-state index contributed by atoms with van der Waals surface area (Å²) in [7, 11) is 3.96. The number of aliphatic imine (C=N–C) groups is 1. The average molecular weight is 438 g/mol. The first-order chi connectivity index (χ1) is 15.8. The fourth-order valence-corrected chi connectivity index (χ4v) is 3.76. The number of hydrogen-bond donors (Lipinski definition) is 0. The third-order valence-corrected chi connectivity index (χ3v) is 5.84. The highest BCUT2D eigenvalue weighted by molar-refractivity contribution is 5.87. The fourth-order valence-electron chi connectivity index (χ4n) is 3.76. The monoisotopic (exact) mass is 437 g/mol. The SMILES string of the molecule is C#Cc1cc(CC)cc(N(CC2CC2)c2ccc(/N=C\C(=C)/C(C=C)=C/N(C)C)c(C)c2)c1. The minimum absolute atomic E-state index is 0.742. The summed E-state index contributed by atoms with van der Waals surface area (Å²) in [5.41, 5.74) is 8.39. The van der Waals surface area contributed by atoms with Crippen LogP contribution in [-0.2, 0) is 6.42 Å². The Bertz CT molecular complexity index is 1120. The van der Waals surface area contributed by atoms with Gasteiger partial charge in [-0.25, -0.2) is 0 Å². The maximum atomic E-state index is 5.75. The van der Waals surface area contributed by atoms with Crippen molar-refractivity contribution in [2.45, 2.75) is 33.1 Å². The zero-order chi connectivity index (χ0) is 24.0. The van der Waals surface area contributed by atoms with Crippen molar-refractivity contribution in [3.8, 4) is 12.3 Å². The Morgan fingerprint density at radius 3 is 2.52 bits per heavy atom. The molecule has 2 aromatic rings. The third-order valence-electron chi connectivity index (χ3n) is 5.84. The van der Waals surface area contributed by atoms with Crippen LogP contribution < -0.4 is 4.90 Å². The predicted octanol–water partition coefficient (Wildman–Crippen LogP) is 6.98. The van der Waals surface area contributed by atoms with Gasteiger partial charge in [-0.15, -0.1) is 6.42 Å². The van der Waals surface area contributed by atoms with Gasteiger partial charge in [0, 0.05) is 50.0 Å². The molecule has 3 heteroatoms. The van der Waals surface area contributed by atoms with Gasteiger partial charge in [0.2, 0.25) is 0 Å². The third kappa shape index (κ3) is 6.49. The van der Waals surface area contributed by atoms with E-state index < -0.39 is 0 Å². The lowest BCUT2D eigenvalue weighted by atomic mass is 10.1. The van der Waals surface area contributed by atoms with E-state index in [-0.39, 0.29) is 0 Å². The molecule has 0 N–H and O–H groups in total. The minimum Gasteiger partial charge on any atom is -0.383 e. The van der Waals surface area contributed by atoms with E-state index in [1.165, 1.54) is 29.8 Å². The predicted molar refractivity (Wildman–Crippen MR) is 144 cm³/mol. The second kappa shape index (κ2) is 10.9. The molecule has 0 bridgehead atoms. The number of terminal acetylenes is 1. The Morgan fingerprint density at radius 2 is 1.94 bits per heavy atom. The van der Waals surface area contributed by atoms with Crippen LogP contribution in [-0.4, -0.2) is 31.8 Å². The summed E-state index contributed by atoms with van der Waals surface area (Å²) in [6.45, 7) is 13.3. The quantitative estimate of drug-likeness (QED) is 0.227. The molecule has 3 nitrogen and oxygen atoms in total. The Balaban J connectivity index is 1.90. The molecule has 1 saturated carbocycles. The Labute approximate surface area is 199 Å². The summed E-state index contributed by atoms with van der Waals surface area (Å²) >= 11 is 0. The molecule has 1 aliphatic carbocycles. The molecule has 0 radical (unpaired) electrons. The van der Waals surface area contributed by atoms with Gasteiger partial charge in [0.15, 0.2) is 0 Å². The van der Waals surface area contributed by atoms with Gasteiger partial charge in [0.1, 0.15) is 0 Å². The van der Waals surface area contributed by atoms with Crippen molar-refractivity contribution >= 4 is 23.3 Å². The van der Waals surface area contributed by atoms with Gasteiger partial charge in [-0.05, 0) is 90.8 Å². The maximum Gasteiger partial charge on any atom is 0.0660 e. The fraction of sp³-hybridized carbons (Fsp3) is 0.300. The zero-order valence-corrected chi connectivity index (χ0v) is 20.4. The number of hydrogen-bond acceptors (Lipinski definition) is 3. The van der Waals surface area contributed by atoms with Gasteiger partial charge in [-0.3, -0.25) is 4.99 Å². The number of allylic oxidation sites excluding steroid dienone is 3. The summed E-state index contributed by atoms with van der Waals surface area (Å²) in [5, 5.41) is 0. The molecule has 1 aliphatic rings. The first-order valence-electron chi connectivity index (χ1n) is 11.6. The van der Waals surface area contributed by atoms with Crippen LogP contribution in [0.3, 0.4) is 0 Å². The summed E-state index contributed by atoms with van der Waals surface area (Å²) in [6.07, 6.45) is 14.9. The molecule has 0 heterocycles. The molecule has 170 valence electrons. The lowest BCUT2D eigenvalue weighted by molar-refractivity contribution is 0.561. The highest BCUT2D eigenvalue weighted by atomic mass is 15.1. The van der Waals surface area contributed by atoms with E-state index in [1.54, 1.807) is 6.08 Å². The highest BCUT2D eigenvalue weighted by Gasteiger charge is 2.26. The second-order valence-electron chi connectivity index (χ2n) is 8.95. The Kier molecular flexibility index (Phi) is 7.96. The van der Waals surface area contributed by atoms with E-state index in [0.29, 0.717) is 0 Å². The molecule has 0 aromatic heterocycles. The lowest BCUT2D eigenvalue weighted by Crippen LogP contribution is -2.20. The molecule has 0 saturated heterocycles. The van der Waals surface area contributed by atoms with Gasteiger partial charge >= 0.3 is 0 Å². The number of nitrogens with zero attached hydrogens (tertiary/aromatic N) is 3. The molecule has 0 spiro atoms. The molecule has 0 amide bonds. The number of benzene rings is 2. The number of anilines is 2. The van der Waals surface area contributed by atoms with Gasteiger partial charge in [-0.2, -0.15) is 0 Å². The first-order valence-corrected chi connectivity index (χ1v) is 11.6. The van der Waals surface area contributed by atoms with E-state index in [2.05, 4.69) is 74.2 Å². The molecule has 1 fully saturated rings. The van der Waals surface area contributed by atoms with Crippen LogP contribution in [0, 0.1) is 25.2 Å². The van der Waals surface area contributed by atoms with Crippen molar-refractivity contribution in [3.05, 3.63) is 89.7 Å². The molecule has 33 heavy (non-hydrogen) atoms. The lowest BCUT2D eigenvalue weighted by Gasteiger charge is -2.26. The van der Waals surface area contributed by atoms with Crippen molar-refractivity contribution in [3.63, 3.8) is 0 Å².